The molecule has 1 aromatic rings. The van der Waals surface area contributed by atoms with Crippen molar-refractivity contribution in [2.75, 3.05) is 17.7 Å². The molecule has 0 saturated carbocycles. The first-order valence-electron chi connectivity index (χ1n) is 5.90. The van der Waals surface area contributed by atoms with Gasteiger partial charge < -0.3 is 21.5 Å². The van der Waals surface area contributed by atoms with Crippen molar-refractivity contribution < 1.29 is 18.3 Å². The normalized spacial score (nSPS) is 11.9. The van der Waals surface area contributed by atoms with Crippen LogP contribution in [0.5, 0.6) is 5.75 Å². The maximum atomic E-state index is 11.8. The maximum Gasteiger partial charge on any atom is 0.331 e. The lowest BCUT2D eigenvalue weighted by atomic mass is 10.3. The lowest BCUT2D eigenvalue weighted by molar-refractivity contribution is -0.112. The van der Waals surface area contributed by atoms with E-state index in [9.17, 15) is 13.6 Å². The van der Waals surface area contributed by atoms with Crippen LogP contribution in [-0.2, 0) is 4.79 Å². The molecule has 7 nitrogen and oxygen atoms in total. The van der Waals surface area contributed by atoms with Crippen LogP contribution in [-0.4, -0.2) is 30.3 Å². The van der Waals surface area contributed by atoms with Crippen molar-refractivity contribution in [1.29, 1.82) is 0 Å². The number of halogens is 2. The number of carbonyl (C=O) groups excluding carboxylic acids is 1. The second-order valence-electron chi connectivity index (χ2n) is 3.69. The Morgan fingerprint density at radius 2 is 2.33 bits per heavy atom. The summed E-state index contributed by atoms with van der Waals surface area (Å²) in [7, 11) is 0. The maximum absolute atomic E-state index is 11.8. The number of aliphatic imine (C=N–C) groups is 1. The average Bonchev–Trinajstić information content (AvgIpc) is 2.41. The molecule has 1 amide bonds. The first-order chi connectivity index (χ1) is 9.93. The quantitative estimate of drug-likeness (QED) is 0.414. The molecule has 0 fully saturated rings. The van der Waals surface area contributed by atoms with Gasteiger partial charge in [-0.05, 0) is 13.0 Å². The van der Waals surface area contributed by atoms with Crippen LogP contribution in [0.4, 0.5) is 20.3 Å². The number of amides is 1. The summed E-state index contributed by atoms with van der Waals surface area (Å²) in [5.74, 6) is -0.153. The van der Waals surface area contributed by atoms with Crippen LogP contribution in [0.1, 0.15) is 6.92 Å². The van der Waals surface area contributed by atoms with Crippen LogP contribution in [0.15, 0.2) is 29.0 Å². The van der Waals surface area contributed by atoms with E-state index in [4.69, 9.17) is 16.2 Å². The van der Waals surface area contributed by atoms with Gasteiger partial charge in [0.05, 0.1) is 18.5 Å². The number of nitrogens with zero attached hydrogens (tertiary/aromatic N) is 2. The van der Waals surface area contributed by atoms with Crippen LogP contribution >= 0.6 is 0 Å². The number of allylic oxidation sites excluding steroid dienone is 1. The van der Waals surface area contributed by atoms with Crippen LogP contribution in [0.3, 0.4) is 0 Å². The zero-order valence-electron chi connectivity index (χ0n) is 11.2. The summed E-state index contributed by atoms with van der Waals surface area (Å²) < 4.78 is 28.9. The topological polar surface area (TPSA) is 116 Å². The summed E-state index contributed by atoms with van der Waals surface area (Å²) in [6, 6.07) is 1.44. The number of nitrogens with two attached hydrogens (primary N) is 2. The molecule has 21 heavy (non-hydrogen) atoms. The molecule has 1 rings (SSSR count). The van der Waals surface area contributed by atoms with Crippen molar-refractivity contribution in [3.05, 3.63) is 24.0 Å². The highest BCUT2D eigenvalue weighted by molar-refractivity contribution is 6.05. The molecule has 0 radical (unpaired) electrons. The molecule has 1 aromatic heterocycles. The molecule has 0 aliphatic rings. The number of ether oxygens (including phenoxy) is 1. The predicted octanol–water partition coefficient (Wildman–Crippen LogP) is 1.14. The first kappa shape index (κ1) is 16.3. The zero-order chi connectivity index (χ0) is 15.8. The number of pyridine rings is 1. The van der Waals surface area contributed by atoms with Crippen molar-refractivity contribution in [3.63, 3.8) is 0 Å². The minimum Gasteiger partial charge on any atom is -0.491 e. The number of hydrogen-bond donors (Lipinski definition) is 3. The summed E-state index contributed by atoms with van der Waals surface area (Å²) in [4.78, 5) is 18.3. The van der Waals surface area contributed by atoms with Crippen molar-refractivity contribution in [1.82, 2.24) is 4.98 Å². The highest BCUT2D eigenvalue weighted by Crippen LogP contribution is 2.25. The first-order valence-corrected chi connectivity index (χ1v) is 5.90. The van der Waals surface area contributed by atoms with Gasteiger partial charge in [0.2, 0.25) is 0 Å². The summed E-state index contributed by atoms with van der Waals surface area (Å²) in [6.45, 7) is -0.737. The summed E-state index contributed by atoms with van der Waals surface area (Å²) >= 11 is 0. The molecule has 114 valence electrons. The fourth-order valence-corrected chi connectivity index (χ4v) is 1.28. The fourth-order valence-electron chi connectivity index (χ4n) is 1.28. The Bertz CT molecular complexity index is 561. The molecule has 0 aromatic carbocycles. The minimum absolute atomic E-state index is 0.226. The Morgan fingerprint density at radius 3 is 2.95 bits per heavy atom. The Kier molecular flexibility index (Phi) is 6.05. The second kappa shape index (κ2) is 7.78. The van der Waals surface area contributed by atoms with Gasteiger partial charge >= 0.3 is 6.55 Å². The average molecular weight is 299 g/mol. The number of nitrogens with one attached hydrogen (secondary N) is 1. The van der Waals surface area contributed by atoms with Crippen molar-refractivity contribution in [2.24, 2.45) is 10.7 Å². The van der Waals surface area contributed by atoms with E-state index in [-0.39, 0.29) is 17.2 Å². The molecule has 1 heterocycles. The van der Waals surface area contributed by atoms with Crippen LogP contribution in [0, 0.1) is 0 Å². The predicted molar refractivity (Wildman–Crippen MR) is 75.2 cm³/mol. The molecule has 0 aliphatic carbocycles. The molecule has 0 unspecified atom stereocenters. The van der Waals surface area contributed by atoms with Crippen molar-refractivity contribution >= 4 is 23.6 Å². The van der Waals surface area contributed by atoms with Gasteiger partial charge in [-0.15, -0.1) is 0 Å². The smallest absolute Gasteiger partial charge is 0.331 e. The molecule has 5 N–H and O–H groups in total. The molecule has 0 atom stereocenters. The van der Waals surface area contributed by atoms with Gasteiger partial charge in [0.1, 0.15) is 17.3 Å². The molecule has 9 heteroatoms. The molecule has 0 saturated heterocycles. The van der Waals surface area contributed by atoms with Gasteiger partial charge in [-0.3, -0.25) is 4.79 Å². The Hall–Kier alpha value is -2.71. The van der Waals surface area contributed by atoms with Gasteiger partial charge in [0.15, 0.2) is 0 Å². The number of hydrogen-bond acceptors (Lipinski definition) is 6. The van der Waals surface area contributed by atoms with Crippen molar-refractivity contribution in [2.45, 2.75) is 13.5 Å². The largest absolute Gasteiger partial charge is 0.491 e. The SMILES string of the molecule is CCOc1cc(N)ncc1NC(=O)/C(N)=C/C=N/C(F)F. The number of rotatable bonds is 6. The van der Waals surface area contributed by atoms with Crippen LogP contribution in [0.2, 0.25) is 0 Å². The minimum atomic E-state index is -2.86. The third kappa shape index (κ3) is 5.43. The second-order valence-corrected chi connectivity index (χ2v) is 3.69. The Labute approximate surface area is 119 Å². The van der Waals surface area contributed by atoms with E-state index < -0.39 is 12.5 Å². The fraction of sp³-hybridized carbons (Fsp3) is 0.250. The summed E-state index contributed by atoms with van der Waals surface area (Å²) in [5, 5.41) is 2.44. The number of carbonyl (C=O) groups is 1. The van der Waals surface area contributed by atoms with Gasteiger partial charge in [-0.25, -0.2) is 9.98 Å². The van der Waals surface area contributed by atoms with Gasteiger partial charge in [0.25, 0.3) is 5.91 Å². The number of alkyl halides is 2. The van der Waals surface area contributed by atoms with E-state index in [2.05, 4.69) is 15.3 Å². The lowest BCUT2D eigenvalue weighted by Crippen LogP contribution is -2.21. The van der Waals surface area contributed by atoms with Gasteiger partial charge in [0, 0.05) is 12.3 Å². The molecule has 0 aliphatic heterocycles. The summed E-state index contributed by atoms with van der Waals surface area (Å²) in [6.07, 6.45) is 3.02. The van der Waals surface area contributed by atoms with Crippen molar-refractivity contribution in [3.8, 4) is 5.75 Å². The highest BCUT2D eigenvalue weighted by atomic mass is 19.3. The van der Waals surface area contributed by atoms with E-state index in [1.54, 1.807) is 6.92 Å². The number of anilines is 2. The van der Waals surface area contributed by atoms with Gasteiger partial charge in [-0.1, -0.05) is 0 Å². The van der Waals surface area contributed by atoms with E-state index in [0.717, 1.165) is 12.3 Å². The van der Waals surface area contributed by atoms with Crippen LogP contribution < -0.4 is 21.5 Å². The van der Waals surface area contributed by atoms with E-state index in [1.807, 2.05) is 0 Å². The standard InChI is InChI=1S/C12H15F2N5O2/c1-2-21-9-5-10(16)18-6-8(9)19-11(20)7(15)3-4-17-12(13)14/h3-6,12H,2,15H2,1H3,(H2,16,18)(H,19,20)/b7-3-,17-4+. The Morgan fingerprint density at radius 1 is 1.62 bits per heavy atom. The van der Waals surface area contributed by atoms with Crippen LogP contribution in [0.25, 0.3) is 0 Å². The number of aromatic nitrogens is 1. The zero-order valence-corrected chi connectivity index (χ0v) is 11.2. The lowest BCUT2D eigenvalue weighted by Gasteiger charge is -2.11. The summed E-state index contributed by atoms with van der Waals surface area (Å²) in [5.41, 5.74) is 10.9. The van der Waals surface area contributed by atoms with E-state index in [0.29, 0.717) is 12.4 Å². The van der Waals surface area contributed by atoms with E-state index >= 15 is 0 Å². The molecular formula is C12H15F2N5O2. The van der Waals surface area contributed by atoms with Gasteiger partial charge in [-0.2, -0.15) is 8.78 Å². The molecular weight excluding hydrogens is 284 g/mol. The third-order valence-corrected chi connectivity index (χ3v) is 2.15. The van der Waals surface area contributed by atoms with E-state index in [1.165, 1.54) is 12.3 Å². The number of nitrogen functional groups attached to an aromatic ring is 1. The molecule has 0 bridgehead atoms. The third-order valence-electron chi connectivity index (χ3n) is 2.15. The monoisotopic (exact) mass is 299 g/mol. The Balaban J connectivity index is 2.83. The molecule has 0 spiro atoms. The highest BCUT2D eigenvalue weighted by Gasteiger charge is 2.11.